The van der Waals surface area contributed by atoms with Gasteiger partial charge in [-0.3, -0.25) is 0 Å². The van der Waals surface area contributed by atoms with Crippen LogP contribution in [0.15, 0.2) is 194 Å². The van der Waals surface area contributed by atoms with Gasteiger partial charge in [0.25, 0.3) is 0 Å². The zero-order valence-corrected chi connectivity index (χ0v) is 34.9. The molecule has 0 heterocycles. The first-order chi connectivity index (χ1) is 29.4. The molecule has 0 N–H and O–H groups in total. The predicted octanol–water partition coefficient (Wildman–Crippen LogP) is 16.3. The average molecular weight is 851 g/mol. The Bertz CT molecular complexity index is 2740. The zero-order chi connectivity index (χ0) is 41.0. The van der Waals surface area contributed by atoms with Crippen LogP contribution in [-0.4, -0.2) is 0 Å². The normalized spacial score (nSPS) is 10.7. The van der Waals surface area contributed by atoms with Gasteiger partial charge < -0.3 is 9.80 Å². The Morgan fingerprint density at radius 2 is 0.467 bits per heavy atom. The predicted molar refractivity (Wildman–Crippen MR) is 256 cm³/mol. The van der Waals surface area contributed by atoms with Gasteiger partial charge in [0, 0.05) is 76.5 Å². The highest BCUT2D eigenvalue weighted by atomic mass is 35.5. The fraction of sp³-hybridized carbons (Fsp3) is 0. The van der Waals surface area contributed by atoms with Crippen molar-refractivity contribution in [2.45, 2.75) is 0 Å². The van der Waals surface area contributed by atoms with Crippen molar-refractivity contribution in [2.75, 3.05) is 9.80 Å². The van der Waals surface area contributed by atoms with Crippen LogP contribution in [-0.2, 0) is 0 Å². The number of halogens is 4. The van der Waals surface area contributed by atoms with Crippen molar-refractivity contribution in [1.29, 1.82) is 0 Å². The largest absolute Gasteiger partial charge is 0.311 e. The van der Waals surface area contributed by atoms with E-state index in [0.29, 0.717) is 20.1 Å². The van der Waals surface area contributed by atoms with Crippen LogP contribution in [0.1, 0.15) is 22.3 Å². The van der Waals surface area contributed by atoms with Gasteiger partial charge in [-0.05, 0) is 167 Å². The van der Waals surface area contributed by atoms with Gasteiger partial charge >= 0.3 is 0 Å². The molecule has 0 spiro atoms. The fourth-order valence-electron chi connectivity index (χ4n) is 7.31. The molecule has 0 saturated carbocycles. The first kappa shape index (κ1) is 38.9. The molecule has 0 fully saturated rings. The van der Waals surface area contributed by atoms with Gasteiger partial charge in [0.1, 0.15) is 0 Å². The zero-order valence-electron chi connectivity index (χ0n) is 31.9. The number of benzene rings is 9. The third kappa shape index (κ3) is 8.30. The van der Waals surface area contributed by atoms with Gasteiger partial charge in [-0.2, -0.15) is 0 Å². The van der Waals surface area contributed by atoms with Crippen LogP contribution in [0.25, 0.3) is 21.5 Å². The second-order valence-electron chi connectivity index (χ2n) is 14.0. The molecule has 0 radical (unpaired) electrons. The molecule has 0 saturated heterocycles. The van der Waals surface area contributed by atoms with E-state index in [1.807, 2.05) is 97.1 Å². The lowest BCUT2D eigenvalue weighted by Crippen LogP contribution is -2.09. The minimum atomic E-state index is 0.680. The molecule has 0 unspecified atom stereocenters. The Morgan fingerprint density at radius 3 is 0.700 bits per heavy atom. The van der Waals surface area contributed by atoms with Crippen molar-refractivity contribution >= 4 is 102 Å². The highest BCUT2D eigenvalue weighted by molar-refractivity contribution is 6.31. The van der Waals surface area contributed by atoms with Gasteiger partial charge in [0.2, 0.25) is 0 Å². The Kier molecular flexibility index (Phi) is 11.2. The molecule has 9 rings (SSSR count). The Hall–Kier alpha value is -6.62. The molecule has 0 aliphatic heterocycles. The summed E-state index contributed by atoms with van der Waals surface area (Å²) in [6.45, 7) is 0. The summed E-state index contributed by atoms with van der Waals surface area (Å²) in [5.74, 6) is 14.1. The van der Waals surface area contributed by atoms with E-state index >= 15 is 0 Å². The monoisotopic (exact) mass is 848 g/mol. The summed E-state index contributed by atoms with van der Waals surface area (Å²) in [6.07, 6.45) is 0. The SMILES string of the molecule is Clc1ccc(N(c2ccc(Cl)cc2)c2ccc(C#Cc3c4ccccc4c(C#Cc4ccc(N(c5ccc(Cl)cc5)c5ccc(Cl)cc5)cc4)c4ccccc34)cc2)cc1. The highest BCUT2D eigenvalue weighted by Gasteiger charge is 2.15. The molecule has 0 aliphatic rings. The quantitative estimate of drug-likeness (QED) is 0.121. The second kappa shape index (κ2) is 17.3. The first-order valence-corrected chi connectivity index (χ1v) is 20.7. The Morgan fingerprint density at radius 1 is 0.250 bits per heavy atom. The summed E-state index contributed by atoms with van der Waals surface area (Å²) >= 11 is 25.0. The lowest BCUT2D eigenvalue weighted by atomic mass is 9.92. The number of hydrogen-bond donors (Lipinski definition) is 0. The minimum absolute atomic E-state index is 0.680. The number of nitrogens with zero attached hydrogens (tertiary/aromatic N) is 2. The summed E-state index contributed by atoms with van der Waals surface area (Å²) in [4.78, 5) is 4.33. The minimum Gasteiger partial charge on any atom is -0.311 e. The van der Waals surface area contributed by atoms with Crippen molar-refractivity contribution in [3.8, 4) is 23.7 Å². The molecule has 0 amide bonds. The average Bonchev–Trinajstić information content (AvgIpc) is 3.28. The maximum Gasteiger partial charge on any atom is 0.0462 e. The molecule has 60 heavy (non-hydrogen) atoms. The van der Waals surface area contributed by atoms with Crippen LogP contribution in [0.4, 0.5) is 34.1 Å². The fourth-order valence-corrected chi connectivity index (χ4v) is 7.81. The van der Waals surface area contributed by atoms with Crippen molar-refractivity contribution in [1.82, 2.24) is 0 Å². The second-order valence-corrected chi connectivity index (χ2v) is 15.8. The van der Waals surface area contributed by atoms with Crippen LogP contribution < -0.4 is 9.80 Å². The van der Waals surface area contributed by atoms with Gasteiger partial charge in [0.05, 0.1) is 0 Å². The number of anilines is 6. The lowest BCUT2D eigenvalue weighted by Gasteiger charge is -2.25. The number of hydrogen-bond acceptors (Lipinski definition) is 2. The molecule has 2 nitrogen and oxygen atoms in total. The van der Waals surface area contributed by atoms with E-state index in [2.05, 4.69) is 131 Å². The molecular formula is C54H32Cl4N2. The van der Waals surface area contributed by atoms with E-state index in [9.17, 15) is 0 Å². The summed E-state index contributed by atoms with van der Waals surface area (Å²) in [7, 11) is 0. The van der Waals surface area contributed by atoms with Crippen LogP contribution in [0.5, 0.6) is 0 Å². The number of rotatable bonds is 6. The van der Waals surface area contributed by atoms with Crippen molar-refractivity contribution in [2.24, 2.45) is 0 Å². The third-order valence-electron chi connectivity index (χ3n) is 10.2. The van der Waals surface area contributed by atoms with Gasteiger partial charge in [-0.25, -0.2) is 0 Å². The van der Waals surface area contributed by atoms with Crippen molar-refractivity contribution < 1.29 is 0 Å². The topological polar surface area (TPSA) is 6.48 Å². The molecular weight excluding hydrogens is 818 g/mol. The molecule has 9 aromatic rings. The van der Waals surface area contributed by atoms with Crippen molar-refractivity contribution in [3.05, 3.63) is 236 Å². The van der Waals surface area contributed by atoms with Crippen molar-refractivity contribution in [3.63, 3.8) is 0 Å². The van der Waals surface area contributed by atoms with Gasteiger partial charge in [0.15, 0.2) is 0 Å². The van der Waals surface area contributed by atoms with Crippen LogP contribution in [0, 0.1) is 23.7 Å². The lowest BCUT2D eigenvalue weighted by molar-refractivity contribution is 1.28. The summed E-state index contributed by atoms with van der Waals surface area (Å²) in [6, 6.07) is 64.5. The van der Waals surface area contributed by atoms with E-state index in [0.717, 1.165) is 77.9 Å². The summed E-state index contributed by atoms with van der Waals surface area (Å²) in [5, 5.41) is 6.94. The molecule has 0 atom stereocenters. The molecule has 0 aromatic heterocycles. The van der Waals surface area contributed by atoms with E-state index in [-0.39, 0.29) is 0 Å². The van der Waals surface area contributed by atoms with E-state index in [4.69, 9.17) is 46.4 Å². The first-order valence-electron chi connectivity index (χ1n) is 19.2. The Labute approximate surface area is 369 Å². The van der Waals surface area contributed by atoms with E-state index in [1.54, 1.807) is 0 Å². The summed E-state index contributed by atoms with van der Waals surface area (Å²) < 4.78 is 0. The molecule has 286 valence electrons. The van der Waals surface area contributed by atoms with E-state index in [1.165, 1.54) is 0 Å². The van der Waals surface area contributed by atoms with Crippen LogP contribution >= 0.6 is 46.4 Å². The maximum atomic E-state index is 6.25. The van der Waals surface area contributed by atoms with Gasteiger partial charge in [-0.1, -0.05) is 119 Å². The Balaban J connectivity index is 1.05. The standard InChI is InChI=1S/C54H32Cl4N2/c55-39-15-27-45(28-16-39)59(46-29-17-40(56)18-30-46)43-23-9-37(10-24-43)13-35-53-49-5-1-2-6-50(49)54(52-8-4-3-7-51(52)53)36-14-38-11-25-44(26-12-38)60(47-31-19-41(57)20-32-47)48-33-21-42(58)22-34-48/h1-12,15-34H. The van der Waals surface area contributed by atoms with Crippen LogP contribution in [0.3, 0.4) is 0 Å². The highest BCUT2D eigenvalue weighted by Crippen LogP contribution is 2.38. The molecule has 0 bridgehead atoms. The van der Waals surface area contributed by atoms with Crippen LogP contribution in [0.2, 0.25) is 20.1 Å². The molecule has 9 aromatic carbocycles. The summed E-state index contributed by atoms with van der Waals surface area (Å²) in [5.41, 5.74) is 9.62. The molecule has 0 aliphatic carbocycles. The maximum absolute atomic E-state index is 6.25. The van der Waals surface area contributed by atoms with Gasteiger partial charge in [-0.15, -0.1) is 0 Å². The smallest absolute Gasteiger partial charge is 0.0462 e. The third-order valence-corrected chi connectivity index (χ3v) is 11.2. The number of fused-ring (bicyclic) bond motifs is 2. The van der Waals surface area contributed by atoms with E-state index < -0.39 is 0 Å². The molecule has 6 heteroatoms.